The highest BCUT2D eigenvalue weighted by Gasteiger charge is 2.26. The van der Waals surface area contributed by atoms with Gasteiger partial charge in [-0.15, -0.1) is 0 Å². The van der Waals surface area contributed by atoms with E-state index in [0.29, 0.717) is 24.6 Å². The highest BCUT2D eigenvalue weighted by Crippen LogP contribution is 2.42. The predicted octanol–water partition coefficient (Wildman–Crippen LogP) is 4.49. The van der Waals surface area contributed by atoms with E-state index in [2.05, 4.69) is 34.6 Å². The summed E-state index contributed by atoms with van der Waals surface area (Å²) in [5, 5.41) is 15.3. The molecule has 164 valence electrons. The van der Waals surface area contributed by atoms with Crippen LogP contribution >= 0.6 is 0 Å². The first-order valence-electron chi connectivity index (χ1n) is 11.1. The Hall–Kier alpha value is -2.95. The number of hydrogen-bond acceptors (Lipinski definition) is 5. The predicted molar refractivity (Wildman–Crippen MR) is 127 cm³/mol. The molecule has 1 aliphatic heterocycles. The summed E-state index contributed by atoms with van der Waals surface area (Å²) in [6, 6.07) is 15.0. The van der Waals surface area contributed by atoms with Gasteiger partial charge in [-0.25, -0.2) is 12.7 Å². The maximum atomic E-state index is 11.8. The lowest BCUT2D eigenvalue weighted by atomic mass is 9.95. The van der Waals surface area contributed by atoms with E-state index in [9.17, 15) is 13.7 Å². The normalized spacial score (nSPS) is 17.9. The van der Waals surface area contributed by atoms with Crippen molar-refractivity contribution >= 4 is 26.5 Å². The van der Waals surface area contributed by atoms with Crippen LogP contribution in [-0.4, -0.2) is 43.1 Å². The summed E-state index contributed by atoms with van der Waals surface area (Å²) in [5.74, 6) is 0.573. The minimum Gasteiger partial charge on any atom is -0.382 e. The molecule has 2 heterocycles. The number of benzene rings is 2. The number of sulfonamides is 1. The summed E-state index contributed by atoms with van der Waals surface area (Å²) < 4.78 is 25.2. The first-order valence-corrected chi connectivity index (χ1v) is 12.9. The second kappa shape index (κ2) is 8.19. The Bertz CT molecular complexity index is 1320. The van der Waals surface area contributed by atoms with E-state index in [1.165, 1.54) is 24.7 Å². The molecule has 32 heavy (non-hydrogen) atoms. The fourth-order valence-electron chi connectivity index (χ4n) is 4.57. The van der Waals surface area contributed by atoms with Gasteiger partial charge in [0.1, 0.15) is 0 Å². The van der Waals surface area contributed by atoms with Crippen LogP contribution in [0.3, 0.4) is 0 Å². The number of rotatable bonds is 5. The molecule has 0 bridgehead atoms. The van der Waals surface area contributed by atoms with Crippen LogP contribution in [0.15, 0.2) is 48.8 Å². The van der Waals surface area contributed by atoms with Crippen LogP contribution in [0.2, 0.25) is 0 Å². The molecule has 3 aromatic rings. The summed E-state index contributed by atoms with van der Waals surface area (Å²) in [5.41, 5.74) is 5.07. The Labute approximate surface area is 188 Å². The third-order valence-electron chi connectivity index (χ3n) is 6.50. The molecular weight excluding hydrogens is 420 g/mol. The van der Waals surface area contributed by atoms with Gasteiger partial charge >= 0.3 is 0 Å². The Morgan fingerprint density at radius 3 is 2.50 bits per heavy atom. The largest absolute Gasteiger partial charge is 0.382 e. The molecule has 1 aliphatic carbocycles. The summed E-state index contributed by atoms with van der Waals surface area (Å²) in [7, 11) is -3.14. The summed E-state index contributed by atoms with van der Waals surface area (Å²) >= 11 is 0. The number of fused-ring (bicyclic) bond motifs is 1. The molecule has 5 rings (SSSR count). The molecule has 1 saturated carbocycles. The molecule has 7 heteroatoms. The molecule has 6 nitrogen and oxygen atoms in total. The highest BCUT2D eigenvalue weighted by molar-refractivity contribution is 7.88. The third kappa shape index (κ3) is 4.34. The molecule has 0 spiro atoms. The van der Waals surface area contributed by atoms with Crippen molar-refractivity contribution in [3.8, 4) is 17.2 Å². The van der Waals surface area contributed by atoms with Crippen molar-refractivity contribution in [2.24, 2.45) is 0 Å². The number of hydrogen-bond donors (Lipinski definition) is 1. The molecule has 0 amide bonds. The molecular formula is C25H26N4O2S. The van der Waals surface area contributed by atoms with Gasteiger partial charge in [0.05, 0.1) is 17.9 Å². The zero-order chi connectivity index (χ0) is 22.3. The highest BCUT2D eigenvalue weighted by atomic mass is 32.2. The van der Waals surface area contributed by atoms with E-state index >= 15 is 0 Å². The second-order valence-electron chi connectivity index (χ2n) is 8.93. The lowest BCUT2D eigenvalue weighted by Gasteiger charge is -2.31. The minimum absolute atomic E-state index is 0.194. The van der Waals surface area contributed by atoms with Crippen molar-refractivity contribution in [3.05, 3.63) is 59.9 Å². The minimum atomic E-state index is -3.14. The zero-order valence-corrected chi connectivity index (χ0v) is 18.9. The van der Waals surface area contributed by atoms with Crippen LogP contribution < -0.4 is 5.32 Å². The van der Waals surface area contributed by atoms with Crippen molar-refractivity contribution in [1.82, 2.24) is 9.29 Å². The number of anilines is 1. The van der Waals surface area contributed by atoms with Crippen LogP contribution in [0.1, 0.15) is 42.7 Å². The Balaban J connectivity index is 1.49. The maximum absolute atomic E-state index is 11.8. The van der Waals surface area contributed by atoms with Gasteiger partial charge in [-0.2, -0.15) is 5.26 Å². The number of nitriles is 1. The van der Waals surface area contributed by atoms with E-state index < -0.39 is 10.0 Å². The van der Waals surface area contributed by atoms with Crippen molar-refractivity contribution in [3.63, 3.8) is 0 Å². The van der Waals surface area contributed by atoms with Gasteiger partial charge in [-0.3, -0.25) is 4.98 Å². The number of nitrogens with zero attached hydrogens (tertiary/aromatic N) is 3. The molecule has 1 N–H and O–H groups in total. The van der Waals surface area contributed by atoms with Crippen molar-refractivity contribution in [1.29, 1.82) is 5.26 Å². The topological polar surface area (TPSA) is 86.1 Å². The second-order valence-corrected chi connectivity index (χ2v) is 10.9. The fraction of sp³-hybridized carbons (Fsp3) is 0.360. The molecule has 1 aromatic heterocycles. The van der Waals surface area contributed by atoms with E-state index in [1.54, 1.807) is 10.5 Å². The van der Waals surface area contributed by atoms with Crippen molar-refractivity contribution < 1.29 is 8.42 Å². The summed E-state index contributed by atoms with van der Waals surface area (Å²) in [6.07, 6.45) is 8.84. The van der Waals surface area contributed by atoms with Crippen LogP contribution in [0, 0.1) is 11.3 Å². The first-order chi connectivity index (χ1) is 15.4. The maximum Gasteiger partial charge on any atom is 0.211 e. The number of aromatic nitrogens is 1. The Morgan fingerprint density at radius 2 is 1.81 bits per heavy atom. The average Bonchev–Trinajstić information content (AvgIpc) is 3.64. The smallest absolute Gasteiger partial charge is 0.211 e. The first kappa shape index (κ1) is 20.9. The Morgan fingerprint density at radius 1 is 1.06 bits per heavy atom. The molecule has 2 aromatic carbocycles. The van der Waals surface area contributed by atoms with Gasteiger partial charge < -0.3 is 5.32 Å². The molecule has 0 unspecified atom stereocenters. The number of piperidine rings is 1. The molecule has 0 radical (unpaired) electrons. The average molecular weight is 447 g/mol. The monoisotopic (exact) mass is 446 g/mol. The zero-order valence-electron chi connectivity index (χ0n) is 18.1. The van der Waals surface area contributed by atoms with Crippen molar-refractivity contribution in [2.75, 3.05) is 24.7 Å². The van der Waals surface area contributed by atoms with Gasteiger partial charge in [0.25, 0.3) is 0 Å². The SMILES string of the molecule is CS(=O)(=O)N1CCC(Nc2cc(-c3cc(C#N)cc(C4CC4)c3)cc3ccncc23)CC1. The van der Waals surface area contributed by atoms with Gasteiger partial charge in [0.2, 0.25) is 10.0 Å². The molecule has 2 fully saturated rings. The van der Waals surface area contributed by atoms with Gasteiger partial charge in [0.15, 0.2) is 0 Å². The summed E-state index contributed by atoms with van der Waals surface area (Å²) in [4.78, 5) is 4.32. The van der Waals surface area contributed by atoms with Crippen LogP contribution in [0.25, 0.3) is 21.9 Å². The summed E-state index contributed by atoms with van der Waals surface area (Å²) in [6.45, 7) is 1.06. The Kier molecular flexibility index (Phi) is 5.36. The van der Waals surface area contributed by atoms with E-state index in [4.69, 9.17) is 0 Å². The van der Waals surface area contributed by atoms with E-state index in [0.717, 1.165) is 40.4 Å². The van der Waals surface area contributed by atoms with Crippen LogP contribution in [0.4, 0.5) is 5.69 Å². The molecule has 1 saturated heterocycles. The van der Waals surface area contributed by atoms with Gasteiger partial charge in [0, 0.05) is 42.6 Å². The van der Waals surface area contributed by atoms with Crippen LogP contribution in [0.5, 0.6) is 0 Å². The number of pyridine rings is 1. The van der Waals surface area contributed by atoms with E-state index in [-0.39, 0.29) is 6.04 Å². The fourth-order valence-corrected chi connectivity index (χ4v) is 5.45. The number of nitrogens with one attached hydrogen (secondary N) is 1. The van der Waals surface area contributed by atoms with Crippen molar-refractivity contribution in [2.45, 2.75) is 37.6 Å². The lowest BCUT2D eigenvalue weighted by molar-refractivity contribution is 0.332. The van der Waals surface area contributed by atoms with E-state index in [1.807, 2.05) is 24.4 Å². The van der Waals surface area contributed by atoms with Gasteiger partial charge in [-0.1, -0.05) is 6.07 Å². The lowest BCUT2D eigenvalue weighted by Crippen LogP contribution is -2.41. The van der Waals surface area contributed by atoms with Crippen LogP contribution in [-0.2, 0) is 10.0 Å². The standard InChI is InChI=1S/C25H26N4O2S/c1-32(30,31)29-8-5-23(6-9-29)28-25-14-22(12-19-4-7-27-16-24(19)25)21-11-17(15-26)10-20(13-21)18-2-3-18/h4,7,10-14,16,18,23,28H,2-3,5-6,8-9H2,1H3. The molecule has 2 aliphatic rings. The third-order valence-corrected chi connectivity index (χ3v) is 7.81. The van der Waals surface area contributed by atoms with Gasteiger partial charge in [-0.05, 0) is 84.0 Å². The quantitative estimate of drug-likeness (QED) is 0.624. The molecule has 0 atom stereocenters.